The molecule has 78 valence electrons. The highest BCUT2D eigenvalue weighted by Gasteiger charge is 2.10. The summed E-state index contributed by atoms with van der Waals surface area (Å²) in [4.78, 5) is 0. The molecule has 1 nitrogen and oxygen atoms in total. The van der Waals surface area contributed by atoms with E-state index in [1.807, 2.05) is 29.6 Å². The van der Waals surface area contributed by atoms with Gasteiger partial charge in [-0.15, -0.1) is 0 Å². The van der Waals surface area contributed by atoms with Crippen molar-refractivity contribution in [2.24, 2.45) is 5.73 Å². The average Bonchev–Trinajstić information content (AvgIpc) is 2.74. The Bertz CT molecular complexity index is 456. The number of halogens is 2. The van der Waals surface area contributed by atoms with Crippen LogP contribution in [0.1, 0.15) is 17.2 Å². The largest absolute Gasteiger partial charge is 0.320 e. The molecule has 0 aliphatic heterocycles. The fourth-order valence-electron chi connectivity index (χ4n) is 1.35. The molecule has 1 atom stereocenters. The Morgan fingerprint density at radius 3 is 2.67 bits per heavy atom. The van der Waals surface area contributed by atoms with Crippen molar-refractivity contribution < 1.29 is 0 Å². The van der Waals surface area contributed by atoms with Gasteiger partial charge in [0.1, 0.15) is 0 Å². The van der Waals surface area contributed by atoms with Crippen molar-refractivity contribution in [3.8, 4) is 0 Å². The van der Waals surface area contributed by atoms with E-state index < -0.39 is 0 Å². The van der Waals surface area contributed by atoms with Crippen LogP contribution in [0.3, 0.4) is 0 Å². The van der Waals surface area contributed by atoms with Crippen LogP contribution in [0.2, 0.25) is 5.02 Å². The van der Waals surface area contributed by atoms with E-state index in [-0.39, 0.29) is 6.04 Å². The third-order valence-electron chi connectivity index (χ3n) is 2.21. The third kappa shape index (κ3) is 2.42. The average molecular weight is 303 g/mol. The van der Waals surface area contributed by atoms with Gasteiger partial charge in [-0.2, -0.15) is 11.3 Å². The summed E-state index contributed by atoms with van der Waals surface area (Å²) in [5.74, 6) is 0. The van der Waals surface area contributed by atoms with Crippen LogP contribution in [0, 0.1) is 0 Å². The SMILES string of the molecule is N[C@H](c1ccsc1)c1ccc(Cl)c(Br)c1. The third-order valence-corrected chi connectivity index (χ3v) is 4.12. The molecule has 0 amide bonds. The summed E-state index contributed by atoms with van der Waals surface area (Å²) in [6, 6.07) is 7.73. The van der Waals surface area contributed by atoms with Crippen molar-refractivity contribution in [1.29, 1.82) is 0 Å². The molecule has 0 radical (unpaired) electrons. The normalized spacial score (nSPS) is 12.7. The predicted octanol–water partition coefficient (Wildman–Crippen LogP) is 4.21. The number of thiophene rings is 1. The molecular weight excluding hydrogens is 294 g/mol. The van der Waals surface area contributed by atoms with E-state index in [0.717, 1.165) is 15.6 Å². The highest BCUT2D eigenvalue weighted by atomic mass is 79.9. The molecular formula is C11H9BrClNS. The predicted molar refractivity (Wildman–Crippen MR) is 69.5 cm³/mol. The van der Waals surface area contributed by atoms with Crippen LogP contribution in [0.5, 0.6) is 0 Å². The van der Waals surface area contributed by atoms with E-state index in [0.29, 0.717) is 5.02 Å². The Morgan fingerprint density at radius 2 is 2.07 bits per heavy atom. The maximum Gasteiger partial charge on any atom is 0.0560 e. The second-order valence-corrected chi connectivity index (χ2v) is 5.25. The highest BCUT2D eigenvalue weighted by Crippen LogP contribution is 2.28. The molecule has 0 aliphatic rings. The van der Waals surface area contributed by atoms with Crippen LogP contribution in [0.4, 0.5) is 0 Å². The smallest absolute Gasteiger partial charge is 0.0560 e. The van der Waals surface area contributed by atoms with Crippen molar-refractivity contribution in [3.63, 3.8) is 0 Å². The summed E-state index contributed by atoms with van der Waals surface area (Å²) in [6.45, 7) is 0. The van der Waals surface area contributed by atoms with Gasteiger partial charge < -0.3 is 5.73 Å². The van der Waals surface area contributed by atoms with Crippen LogP contribution >= 0.6 is 38.9 Å². The Morgan fingerprint density at radius 1 is 1.27 bits per heavy atom. The van der Waals surface area contributed by atoms with Gasteiger partial charge in [0, 0.05) is 4.47 Å². The van der Waals surface area contributed by atoms with Crippen LogP contribution in [0.15, 0.2) is 39.5 Å². The molecule has 0 spiro atoms. The van der Waals surface area contributed by atoms with Gasteiger partial charge in [0.05, 0.1) is 11.1 Å². The summed E-state index contributed by atoms with van der Waals surface area (Å²) in [7, 11) is 0. The van der Waals surface area contributed by atoms with E-state index >= 15 is 0 Å². The zero-order valence-electron chi connectivity index (χ0n) is 7.78. The lowest BCUT2D eigenvalue weighted by atomic mass is 10.0. The first-order chi connectivity index (χ1) is 7.18. The summed E-state index contributed by atoms with van der Waals surface area (Å²) < 4.78 is 0.882. The van der Waals surface area contributed by atoms with E-state index in [2.05, 4.69) is 21.3 Å². The molecule has 2 N–H and O–H groups in total. The number of hydrogen-bond acceptors (Lipinski definition) is 2. The fraction of sp³-hybridized carbons (Fsp3) is 0.0909. The van der Waals surface area contributed by atoms with Crippen molar-refractivity contribution in [2.45, 2.75) is 6.04 Å². The minimum Gasteiger partial charge on any atom is -0.320 e. The standard InChI is InChI=1S/C11H9BrClNS/c12-9-5-7(1-2-10(9)13)11(14)8-3-4-15-6-8/h1-6,11H,14H2/t11-/m0/s1. The Labute approximate surface area is 106 Å². The van der Waals surface area contributed by atoms with E-state index in [4.69, 9.17) is 17.3 Å². The first-order valence-corrected chi connectivity index (χ1v) is 6.52. The van der Waals surface area contributed by atoms with Crippen LogP contribution in [-0.4, -0.2) is 0 Å². The van der Waals surface area contributed by atoms with Gasteiger partial charge in [0.25, 0.3) is 0 Å². The lowest BCUT2D eigenvalue weighted by Gasteiger charge is -2.11. The molecule has 15 heavy (non-hydrogen) atoms. The van der Waals surface area contributed by atoms with Crippen LogP contribution in [-0.2, 0) is 0 Å². The van der Waals surface area contributed by atoms with Crippen molar-refractivity contribution in [2.75, 3.05) is 0 Å². The molecule has 1 aromatic heterocycles. The zero-order valence-corrected chi connectivity index (χ0v) is 10.9. The molecule has 2 rings (SSSR count). The molecule has 4 heteroatoms. The summed E-state index contributed by atoms with van der Waals surface area (Å²) >= 11 is 11.0. The van der Waals surface area contributed by atoms with E-state index in [1.54, 1.807) is 11.3 Å². The summed E-state index contributed by atoms with van der Waals surface area (Å²) in [5.41, 5.74) is 8.32. The molecule has 2 aromatic rings. The molecule has 0 bridgehead atoms. The highest BCUT2D eigenvalue weighted by molar-refractivity contribution is 9.10. The van der Waals surface area contributed by atoms with Crippen molar-refractivity contribution >= 4 is 38.9 Å². The lowest BCUT2D eigenvalue weighted by molar-refractivity contribution is 0.876. The minimum atomic E-state index is -0.0789. The maximum atomic E-state index is 6.12. The molecule has 1 heterocycles. The van der Waals surface area contributed by atoms with E-state index in [1.165, 1.54) is 0 Å². The van der Waals surface area contributed by atoms with Crippen LogP contribution in [0.25, 0.3) is 0 Å². The van der Waals surface area contributed by atoms with E-state index in [9.17, 15) is 0 Å². The van der Waals surface area contributed by atoms with Gasteiger partial charge >= 0.3 is 0 Å². The Kier molecular flexibility index (Phi) is 3.46. The molecule has 1 aromatic carbocycles. The number of rotatable bonds is 2. The quantitative estimate of drug-likeness (QED) is 0.883. The van der Waals surface area contributed by atoms with Gasteiger partial charge in [-0.25, -0.2) is 0 Å². The first kappa shape index (κ1) is 11.1. The minimum absolute atomic E-state index is 0.0789. The Balaban J connectivity index is 2.34. The molecule has 0 fully saturated rings. The number of benzene rings is 1. The second-order valence-electron chi connectivity index (χ2n) is 3.21. The van der Waals surface area contributed by atoms with Crippen molar-refractivity contribution in [3.05, 3.63) is 55.6 Å². The van der Waals surface area contributed by atoms with Gasteiger partial charge in [-0.3, -0.25) is 0 Å². The maximum absolute atomic E-state index is 6.12. The van der Waals surface area contributed by atoms with Gasteiger partial charge in [-0.05, 0) is 56.0 Å². The topological polar surface area (TPSA) is 26.0 Å². The van der Waals surface area contributed by atoms with Gasteiger partial charge in [0.15, 0.2) is 0 Å². The Hall–Kier alpha value is -0.350. The molecule has 0 aliphatic carbocycles. The molecule has 0 saturated carbocycles. The molecule has 0 unspecified atom stereocenters. The summed E-state index contributed by atoms with van der Waals surface area (Å²) in [6.07, 6.45) is 0. The second kappa shape index (κ2) is 4.66. The monoisotopic (exact) mass is 301 g/mol. The zero-order chi connectivity index (χ0) is 10.8. The fourth-order valence-corrected chi connectivity index (χ4v) is 2.56. The van der Waals surface area contributed by atoms with Crippen molar-refractivity contribution in [1.82, 2.24) is 0 Å². The summed E-state index contributed by atoms with van der Waals surface area (Å²) in [5, 5.41) is 4.80. The lowest BCUT2D eigenvalue weighted by Crippen LogP contribution is -2.10. The van der Waals surface area contributed by atoms with Gasteiger partial charge in [-0.1, -0.05) is 17.7 Å². The molecule has 0 saturated heterocycles. The van der Waals surface area contributed by atoms with Crippen LogP contribution < -0.4 is 5.73 Å². The number of hydrogen-bond donors (Lipinski definition) is 1. The first-order valence-electron chi connectivity index (χ1n) is 4.41. The number of nitrogens with two attached hydrogens (primary N) is 1. The van der Waals surface area contributed by atoms with Gasteiger partial charge in [0.2, 0.25) is 0 Å².